The van der Waals surface area contributed by atoms with Crippen molar-refractivity contribution in [3.05, 3.63) is 22.9 Å². The van der Waals surface area contributed by atoms with E-state index in [1.165, 1.54) is 0 Å². The highest BCUT2D eigenvalue weighted by molar-refractivity contribution is 9.10. The lowest BCUT2D eigenvalue weighted by molar-refractivity contribution is 0.316. The molecule has 0 atom stereocenters. The number of halogens is 1. The van der Waals surface area contributed by atoms with E-state index < -0.39 is 0 Å². The Hall–Kier alpha value is -0.610. The van der Waals surface area contributed by atoms with Gasteiger partial charge in [-0.1, -0.05) is 13.8 Å². The second-order valence-electron chi connectivity index (χ2n) is 3.31. The van der Waals surface area contributed by atoms with E-state index in [0.29, 0.717) is 0 Å². The van der Waals surface area contributed by atoms with Crippen LogP contribution in [0.4, 0.5) is 5.69 Å². The number of aromatic nitrogens is 1. The number of nitrogens with one attached hydrogen (secondary N) is 1. The first-order valence-corrected chi connectivity index (χ1v) is 6.13. The third-order valence-electron chi connectivity index (χ3n) is 2.41. The highest BCUT2D eigenvalue weighted by Gasteiger charge is 2.00. The Morgan fingerprint density at radius 3 is 2.73 bits per heavy atom. The molecule has 4 heteroatoms. The molecule has 15 heavy (non-hydrogen) atoms. The minimum Gasteiger partial charge on any atom is -0.383 e. The van der Waals surface area contributed by atoms with E-state index in [2.05, 4.69) is 45.0 Å². The molecule has 0 bridgehead atoms. The Bertz CT molecular complexity index is 287. The van der Waals surface area contributed by atoms with Crippen molar-refractivity contribution in [3.63, 3.8) is 0 Å². The summed E-state index contributed by atoms with van der Waals surface area (Å²) < 4.78 is 1.02. The highest BCUT2D eigenvalue weighted by atomic mass is 79.9. The lowest BCUT2D eigenvalue weighted by Gasteiger charge is -2.18. The maximum Gasteiger partial charge on any atom is 0.0590 e. The summed E-state index contributed by atoms with van der Waals surface area (Å²) >= 11 is 3.46. The molecule has 1 heterocycles. The molecule has 84 valence electrons. The van der Waals surface area contributed by atoms with Crippen LogP contribution in [0, 0.1) is 0 Å². The molecule has 1 aromatic heterocycles. The predicted molar refractivity (Wildman–Crippen MR) is 68.2 cm³/mol. The molecule has 0 fully saturated rings. The van der Waals surface area contributed by atoms with Gasteiger partial charge in [-0.05, 0) is 35.1 Å². The Kier molecular flexibility index (Phi) is 5.65. The van der Waals surface area contributed by atoms with Gasteiger partial charge in [0.25, 0.3) is 0 Å². The summed E-state index contributed by atoms with van der Waals surface area (Å²) in [5.74, 6) is 0. The SMILES string of the molecule is CCN(CC)CCNc1ccncc1Br. The summed E-state index contributed by atoms with van der Waals surface area (Å²) in [6.07, 6.45) is 3.60. The maximum atomic E-state index is 4.02. The largest absolute Gasteiger partial charge is 0.383 e. The summed E-state index contributed by atoms with van der Waals surface area (Å²) in [4.78, 5) is 6.41. The number of likely N-dealkylation sites (N-methyl/N-ethyl adjacent to an activating group) is 1. The van der Waals surface area contributed by atoms with Crippen molar-refractivity contribution in [1.29, 1.82) is 0 Å². The number of rotatable bonds is 6. The van der Waals surface area contributed by atoms with Gasteiger partial charge in [0.1, 0.15) is 0 Å². The van der Waals surface area contributed by atoms with Crippen LogP contribution in [-0.2, 0) is 0 Å². The van der Waals surface area contributed by atoms with Gasteiger partial charge < -0.3 is 10.2 Å². The van der Waals surface area contributed by atoms with Crippen molar-refractivity contribution < 1.29 is 0 Å². The molecule has 0 radical (unpaired) electrons. The van der Waals surface area contributed by atoms with Crippen LogP contribution in [0.2, 0.25) is 0 Å². The number of pyridine rings is 1. The van der Waals surface area contributed by atoms with E-state index in [9.17, 15) is 0 Å². The van der Waals surface area contributed by atoms with Crippen molar-refractivity contribution in [2.45, 2.75) is 13.8 Å². The van der Waals surface area contributed by atoms with Crippen molar-refractivity contribution >= 4 is 21.6 Å². The van der Waals surface area contributed by atoms with Crippen molar-refractivity contribution in [3.8, 4) is 0 Å². The zero-order chi connectivity index (χ0) is 11.1. The van der Waals surface area contributed by atoms with Gasteiger partial charge in [0.05, 0.1) is 10.2 Å². The molecule has 1 rings (SSSR count). The quantitative estimate of drug-likeness (QED) is 0.862. The second-order valence-corrected chi connectivity index (χ2v) is 4.16. The smallest absolute Gasteiger partial charge is 0.0590 e. The molecule has 0 spiro atoms. The third kappa shape index (κ3) is 4.18. The summed E-state index contributed by atoms with van der Waals surface area (Å²) in [6, 6.07) is 1.98. The van der Waals surface area contributed by atoms with Gasteiger partial charge in [0, 0.05) is 25.5 Å². The Balaban J connectivity index is 2.34. The molecule has 0 unspecified atom stereocenters. The van der Waals surface area contributed by atoms with Crippen LogP contribution in [0.25, 0.3) is 0 Å². The second kappa shape index (κ2) is 6.80. The number of hydrogen-bond donors (Lipinski definition) is 1. The van der Waals surface area contributed by atoms with Crippen molar-refractivity contribution in [2.24, 2.45) is 0 Å². The highest BCUT2D eigenvalue weighted by Crippen LogP contribution is 2.19. The van der Waals surface area contributed by atoms with Crippen LogP contribution in [-0.4, -0.2) is 36.1 Å². The number of hydrogen-bond acceptors (Lipinski definition) is 3. The fraction of sp³-hybridized carbons (Fsp3) is 0.545. The van der Waals surface area contributed by atoms with E-state index in [4.69, 9.17) is 0 Å². The van der Waals surface area contributed by atoms with Gasteiger partial charge in [-0.3, -0.25) is 4.98 Å². The van der Waals surface area contributed by atoms with Crippen molar-refractivity contribution in [2.75, 3.05) is 31.5 Å². The van der Waals surface area contributed by atoms with Gasteiger partial charge >= 0.3 is 0 Å². The van der Waals surface area contributed by atoms with Crippen LogP contribution in [0.5, 0.6) is 0 Å². The normalized spacial score (nSPS) is 10.7. The fourth-order valence-electron chi connectivity index (χ4n) is 1.41. The zero-order valence-corrected chi connectivity index (χ0v) is 10.9. The van der Waals surface area contributed by atoms with Gasteiger partial charge in [-0.2, -0.15) is 0 Å². The van der Waals surface area contributed by atoms with Crippen LogP contribution in [0.3, 0.4) is 0 Å². The van der Waals surface area contributed by atoms with Crippen LogP contribution in [0.1, 0.15) is 13.8 Å². The van der Waals surface area contributed by atoms with Crippen LogP contribution < -0.4 is 5.32 Å². The van der Waals surface area contributed by atoms with Crippen molar-refractivity contribution in [1.82, 2.24) is 9.88 Å². The molecule has 0 saturated heterocycles. The minimum absolute atomic E-state index is 0.963. The summed E-state index contributed by atoms with van der Waals surface area (Å²) in [5.41, 5.74) is 1.11. The Morgan fingerprint density at radius 2 is 2.13 bits per heavy atom. The molecule has 1 aromatic rings. The van der Waals surface area contributed by atoms with Gasteiger partial charge in [-0.25, -0.2) is 0 Å². The molecule has 1 N–H and O–H groups in total. The maximum absolute atomic E-state index is 4.02. The first-order valence-electron chi connectivity index (χ1n) is 5.33. The van der Waals surface area contributed by atoms with E-state index in [1.54, 1.807) is 12.4 Å². The van der Waals surface area contributed by atoms with Gasteiger partial charge in [0.15, 0.2) is 0 Å². The molecule has 0 aromatic carbocycles. The fourth-order valence-corrected chi connectivity index (χ4v) is 1.80. The molecule has 3 nitrogen and oxygen atoms in total. The van der Waals surface area contributed by atoms with Crippen LogP contribution >= 0.6 is 15.9 Å². The van der Waals surface area contributed by atoms with Gasteiger partial charge in [-0.15, -0.1) is 0 Å². The van der Waals surface area contributed by atoms with E-state index >= 15 is 0 Å². The summed E-state index contributed by atoms with van der Waals surface area (Å²) in [6.45, 7) is 8.62. The Labute approximate surface area is 100 Å². The molecule has 0 aliphatic carbocycles. The average Bonchev–Trinajstić information content (AvgIpc) is 2.27. The molecular formula is C11H18BrN3. The van der Waals surface area contributed by atoms with E-state index in [-0.39, 0.29) is 0 Å². The lowest BCUT2D eigenvalue weighted by atomic mass is 10.4. The molecule has 0 amide bonds. The molecule has 0 aliphatic rings. The number of nitrogens with zero attached hydrogens (tertiary/aromatic N) is 2. The van der Waals surface area contributed by atoms with E-state index in [0.717, 1.165) is 36.3 Å². The zero-order valence-electron chi connectivity index (χ0n) is 9.33. The topological polar surface area (TPSA) is 28.2 Å². The first kappa shape index (κ1) is 12.5. The lowest BCUT2D eigenvalue weighted by Crippen LogP contribution is -2.28. The predicted octanol–water partition coefficient (Wildman–Crippen LogP) is 2.60. The summed E-state index contributed by atoms with van der Waals surface area (Å²) in [5, 5.41) is 3.38. The third-order valence-corrected chi connectivity index (χ3v) is 3.04. The molecule has 0 aliphatic heterocycles. The van der Waals surface area contributed by atoms with Crippen LogP contribution in [0.15, 0.2) is 22.9 Å². The van der Waals surface area contributed by atoms with Gasteiger partial charge in [0.2, 0.25) is 0 Å². The summed E-state index contributed by atoms with van der Waals surface area (Å²) in [7, 11) is 0. The minimum atomic E-state index is 0.963. The standard InChI is InChI=1S/C11H18BrN3/c1-3-15(4-2)8-7-14-11-5-6-13-9-10(11)12/h5-6,9H,3-4,7-8H2,1-2H3,(H,13,14). The molecular weight excluding hydrogens is 254 g/mol. The first-order chi connectivity index (χ1) is 7.27. The number of anilines is 1. The van der Waals surface area contributed by atoms with E-state index in [1.807, 2.05) is 6.07 Å². The monoisotopic (exact) mass is 271 g/mol. The average molecular weight is 272 g/mol. The Morgan fingerprint density at radius 1 is 1.40 bits per heavy atom. The molecule has 0 saturated carbocycles.